The van der Waals surface area contributed by atoms with E-state index in [9.17, 15) is 4.39 Å². The Morgan fingerprint density at radius 3 is 2.89 bits per heavy atom. The lowest BCUT2D eigenvalue weighted by Gasteiger charge is -2.27. The van der Waals surface area contributed by atoms with Crippen LogP contribution in [0.25, 0.3) is 0 Å². The minimum absolute atomic E-state index is 0.597. The van der Waals surface area contributed by atoms with Gasteiger partial charge in [0, 0.05) is 6.54 Å². The van der Waals surface area contributed by atoms with Crippen LogP contribution in [0.5, 0.6) is 0 Å². The first-order chi connectivity index (χ1) is 4.33. The van der Waals surface area contributed by atoms with E-state index in [1.165, 1.54) is 0 Å². The van der Waals surface area contributed by atoms with Gasteiger partial charge in [0.15, 0.2) is 0 Å². The predicted molar refractivity (Wildman–Crippen MR) is 35.9 cm³/mol. The maximum atomic E-state index is 12.6. The lowest BCUT2D eigenvalue weighted by Crippen LogP contribution is -2.36. The summed E-state index contributed by atoms with van der Waals surface area (Å²) in [4.78, 5) is 2.05. The van der Waals surface area contributed by atoms with Gasteiger partial charge in [0.1, 0.15) is 6.17 Å². The first-order valence-electron chi connectivity index (χ1n) is 3.48. The Morgan fingerprint density at radius 1 is 1.67 bits per heavy atom. The second-order valence-corrected chi connectivity index (χ2v) is 2.54. The Hall–Kier alpha value is -0.110. The molecule has 9 heavy (non-hydrogen) atoms. The van der Waals surface area contributed by atoms with Crippen LogP contribution in [-0.2, 0) is 0 Å². The highest BCUT2D eigenvalue weighted by Gasteiger charge is 2.16. The number of halogens is 1. The molecule has 1 heterocycles. The van der Waals surface area contributed by atoms with Crippen molar-refractivity contribution in [1.82, 2.24) is 4.90 Å². The van der Waals surface area contributed by atoms with Crippen LogP contribution in [0.2, 0.25) is 0 Å². The van der Waals surface area contributed by atoms with Crippen LogP contribution in [0.1, 0.15) is 12.8 Å². The largest absolute Gasteiger partial charge is 0.300 e. The SMILES string of the molecule is [CH2]CN1CCCC(F)C1. The molecule has 1 aliphatic rings. The van der Waals surface area contributed by atoms with Gasteiger partial charge in [0.25, 0.3) is 0 Å². The summed E-state index contributed by atoms with van der Waals surface area (Å²) in [6.07, 6.45) is 1.15. The normalized spacial score (nSPS) is 30.7. The molecule has 0 N–H and O–H groups in total. The predicted octanol–water partition coefficient (Wildman–Crippen LogP) is 1.25. The van der Waals surface area contributed by atoms with E-state index in [1.807, 2.05) is 4.90 Å². The van der Waals surface area contributed by atoms with Crippen molar-refractivity contribution in [3.8, 4) is 0 Å². The zero-order valence-electron chi connectivity index (χ0n) is 5.65. The number of piperidine rings is 1. The standard InChI is InChI=1S/C7H13FN/c1-2-9-5-3-4-7(8)6-9/h7H,1-6H2. The fraction of sp³-hybridized carbons (Fsp3) is 0.857. The Kier molecular flexibility index (Phi) is 2.46. The molecule has 0 aromatic rings. The van der Waals surface area contributed by atoms with Gasteiger partial charge in [-0.25, -0.2) is 4.39 Å². The molecule has 0 aromatic heterocycles. The van der Waals surface area contributed by atoms with E-state index in [1.54, 1.807) is 0 Å². The van der Waals surface area contributed by atoms with Gasteiger partial charge in [-0.1, -0.05) is 0 Å². The van der Waals surface area contributed by atoms with Crippen LogP contribution >= 0.6 is 0 Å². The number of alkyl halides is 1. The summed E-state index contributed by atoms with van der Waals surface area (Å²) < 4.78 is 12.6. The quantitative estimate of drug-likeness (QED) is 0.516. The molecule has 0 spiro atoms. The van der Waals surface area contributed by atoms with Crippen molar-refractivity contribution in [2.45, 2.75) is 19.0 Å². The molecule has 1 unspecified atom stereocenters. The molecule has 0 amide bonds. The van der Waals surface area contributed by atoms with Crippen LogP contribution in [0.4, 0.5) is 4.39 Å². The summed E-state index contributed by atoms with van der Waals surface area (Å²) >= 11 is 0. The third-order valence-corrected chi connectivity index (χ3v) is 1.76. The molecule has 1 aliphatic heterocycles. The second kappa shape index (κ2) is 3.16. The Balaban J connectivity index is 2.23. The van der Waals surface area contributed by atoms with Gasteiger partial charge in [-0.15, -0.1) is 0 Å². The van der Waals surface area contributed by atoms with E-state index in [4.69, 9.17) is 0 Å². The van der Waals surface area contributed by atoms with Gasteiger partial charge in [-0.3, -0.25) is 0 Å². The van der Waals surface area contributed by atoms with Crippen LogP contribution in [-0.4, -0.2) is 30.7 Å². The van der Waals surface area contributed by atoms with Crippen LogP contribution in [0.15, 0.2) is 0 Å². The minimum atomic E-state index is -0.597. The molecule has 53 valence electrons. The Morgan fingerprint density at radius 2 is 2.44 bits per heavy atom. The molecule has 1 saturated heterocycles. The van der Waals surface area contributed by atoms with E-state index in [-0.39, 0.29) is 0 Å². The number of nitrogens with zero attached hydrogens (tertiary/aromatic N) is 1. The number of rotatable bonds is 1. The maximum Gasteiger partial charge on any atom is 0.113 e. The van der Waals surface area contributed by atoms with E-state index in [0.29, 0.717) is 6.54 Å². The van der Waals surface area contributed by atoms with Crippen LogP contribution < -0.4 is 0 Å². The molecular weight excluding hydrogens is 117 g/mol. The Labute approximate surface area is 55.8 Å². The molecule has 1 nitrogen and oxygen atoms in total. The van der Waals surface area contributed by atoms with E-state index in [0.717, 1.165) is 25.9 Å². The van der Waals surface area contributed by atoms with E-state index in [2.05, 4.69) is 6.92 Å². The summed E-state index contributed by atoms with van der Waals surface area (Å²) in [7, 11) is 0. The van der Waals surface area contributed by atoms with Gasteiger partial charge in [0.05, 0.1) is 0 Å². The lowest BCUT2D eigenvalue weighted by molar-refractivity contribution is 0.149. The minimum Gasteiger partial charge on any atom is -0.300 e. The summed E-state index contributed by atoms with van der Waals surface area (Å²) in [6, 6.07) is 0. The van der Waals surface area contributed by atoms with Crippen LogP contribution in [0.3, 0.4) is 0 Å². The van der Waals surface area contributed by atoms with Crippen molar-refractivity contribution >= 4 is 0 Å². The van der Waals surface area contributed by atoms with Gasteiger partial charge in [-0.2, -0.15) is 0 Å². The van der Waals surface area contributed by atoms with E-state index >= 15 is 0 Å². The fourth-order valence-electron chi connectivity index (χ4n) is 1.20. The lowest BCUT2D eigenvalue weighted by atomic mass is 10.1. The van der Waals surface area contributed by atoms with Crippen molar-refractivity contribution in [2.24, 2.45) is 0 Å². The highest BCUT2D eigenvalue weighted by atomic mass is 19.1. The maximum absolute atomic E-state index is 12.6. The molecule has 0 aromatic carbocycles. The monoisotopic (exact) mass is 130 g/mol. The van der Waals surface area contributed by atoms with Crippen molar-refractivity contribution in [3.05, 3.63) is 6.92 Å². The van der Waals surface area contributed by atoms with Crippen LogP contribution in [0, 0.1) is 6.92 Å². The fourth-order valence-corrected chi connectivity index (χ4v) is 1.20. The first kappa shape index (κ1) is 7.00. The summed E-state index contributed by atoms with van der Waals surface area (Å²) in [5.41, 5.74) is 0. The molecule has 1 radical (unpaired) electrons. The molecule has 1 rings (SSSR count). The molecule has 1 fully saturated rings. The molecule has 0 aliphatic carbocycles. The summed E-state index contributed by atoms with van der Waals surface area (Å²) in [5, 5.41) is 0. The molecule has 0 bridgehead atoms. The summed E-state index contributed by atoms with van der Waals surface area (Å²) in [5.74, 6) is 0. The Bertz CT molecular complexity index is 85.0. The zero-order chi connectivity index (χ0) is 6.69. The highest BCUT2D eigenvalue weighted by molar-refractivity contribution is 4.71. The van der Waals surface area contributed by atoms with Crippen molar-refractivity contribution < 1.29 is 4.39 Å². The highest BCUT2D eigenvalue weighted by Crippen LogP contribution is 2.11. The molecular formula is C7H13FN. The van der Waals surface area contributed by atoms with Gasteiger partial charge in [0.2, 0.25) is 0 Å². The average molecular weight is 130 g/mol. The number of likely N-dealkylation sites (tertiary alicyclic amines) is 1. The van der Waals surface area contributed by atoms with Gasteiger partial charge < -0.3 is 4.90 Å². The average Bonchev–Trinajstić information content (AvgIpc) is 1.88. The first-order valence-corrected chi connectivity index (χ1v) is 3.48. The zero-order valence-corrected chi connectivity index (χ0v) is 5.65. The second-order valence-electron chi connectivity index (χ2n) is 2.54. The van der Waals surface area contributed by atoms with Crippen molar-refractivity contribution in [1.29, 1.82) is 0 Å². The smallest absolute Gasteiger partial charge is 0.113 e. The van der Waals surface area contributed by atoms with Crippen molar-refractivity contribution in [3.63, 3.8) is 0 Å². The number of hydrogen-bond acceptors (Lipinski definition) is 1. The van der Waals surface area contributed by atoms with Gasteiger partial charge >= 0.3 is 0 Å². The third kappa shape index (κ3) is 1.94. The molecule has 2 heteroatoms. The van der Waals surface area contributed by atoms with Gasteiger partial charge in [-0.05, 0) is 32.9 Å². The third-order valence-electron chi connectivity index (χ3n) is 1.76. The van der Waals surface area contributed by atoms with E-state index < -0.39 is 6.17 Å². The summed E-state index contributed by atoms with van der Waals surface area (Å²) in [6.45, 7) is 6.09. The van der Waals surface area contributed by atoms with Crippen molar-refractivity contribution in [2.75, 3.05) is 19.6 Å². The number of hydrogen-bond donors (Lipinski definition) is 0. The molecule has 0 saturated carbocycles. The topological polar surface area (TPSA) is 3.24 Å². The molecule has 1 atom stereocenters.